The van der Waals surface area contributed by atoms with Crippen LogP contribution in [0.5, 0.6) is 0 Å². The molecule has 0 aromatic heterocycles. The Morgan fingerprint density at radius 1 is 0.800 bits per heavy atom. The van der Waals surface area contributed by atoms with E-state index in [1.165, 1.54) is 77.0 Å². The molecule has 0 aliphatic heterocycles. The Balaban J connectivity index is 1.42. The van der Waals surface area contributed by atoms with Gasteiger partial charge < -0.3 is 4.74 Å². The van der Waals surface area contributed by atoms with Crippen LogP contribution in [-0.4, -0.2) is 12.7 Å². The summed E-state index contributed by atoms with van der Waals surface area (Å²) >= 11 is 0. The molecule has 0 heterocycles. The van der Waals surface area contributed by atoms with Crippen LogP contribution in [0.15, 0.2) is 0 Å². The Hall–Kier alpha value is -0.480. The number of rotatable bonds is 8. The van der Waals surface area contributed by atoms with Crippen molar-refractivity contribution in [3.63, 3.8) is 0 Å². The third-order valence-electron chi connectivity index (χ3n) is 4.83. The van der Waals surface area contributed by atoms with Crippen LogP contribution in [0, 0.1) is 17.8 Å². The highest BCUT2D eigenvalue weighted by molar-refractivity contribution is 5.06. The molecule has 1 unspecified atom stereocenters. The van der Waals surface area contributed by atoms with Gasteiger partial charge in [0.05, 0.1) is 0 Å². The lowest BCUT2D eigenvalue weighted by Crippen LogP contribution is -2.12. The highest BCUT2D eigenvalue weighted by atomic mass is 16.5. The average Bonchev–Trinajstić information content (AvgIpc) is 2.92. The zero-order valence-corrected chi connectivity index (χ0v) is 13.2. The monoisotopic (exact) mass is 276 g/mol. The molecule has 20 heavy (non-hydrogen) atoms. The fraction of sp³-hybridized carbons (Fsp3) is 0.895. The second-order valence-electron chi connectivity index (χ2n) is 6.63. The topological polar surface area (TPSA) is 9.23 Å². The lowest BCUT2D eigenvalue weighted by Gasteiger charge is -2.13. The molecule has 114 valence electrons. The van der Waals surface area contributed by atoms with E-state index in [1.54, 1.807) is 0 Å². The van der Waals surface area contributed by atoms with Gasteiger partial charge in [0.1, 0.15) is 6.10 Å². The summed E-state index contributed by atoms with van der Waals surface area (Å²) in [6.07, 6.45) is 19.2. The van der Waals surface area contributed by atoms with E-state index in [9.17, 15) is 0 Å². The molecule has 1 saturated carbocycles. The molecular formula is C19H32O. The predicted octanol–water partition coefficient (Wildman–Crippen LogP) is 5.48. The van der Waals surface area contributed by atoms with Crippen LogP contribution in [0.4, 0.5) is 0 Å². The van der Waals surface area contributed by atoms with Crippen molar-refractivity contribution in [3.8, 4) is 11.8 Å². The second kappa shape index (κ2) is 10.3. The summed E-state index contributed by atoms with van der Waals surface area (Å²) in [4.78, 5) is 0. The predicted molar refractivity (Wildman–Crippen MR) is 85.6 cm³/mol. The maximum Gasteiger partial charge on any atom is 0.118 e. The van der Waals surface area contributed by atoms with E-state index in [2.05, 4.69) is 11.8 Å². The van der Waals surface area contributed by atoms with Crippen molar-refractivity contribution in [1.82, 2.24) is 0 Å². The SMILES string of the molecule is C1#CC(OCCCCCCC2CCCC2)CCCCC1. The molecule has 0 aromatic rings. The van der Waals surface area contributed by atoms with Gasteiger partial charge >= 0.3 is 0 Å². The molecular weight excluding hydrogens is 244 g/mol. The molecule has 2 aliphatic rings. The molecule has 2 aliphatic carbocycles. The molecule has 1 heteroatoms. The Labute approximate surface area is 125 Å². The van der Waals surface area contributed by atoms with Crippen LogP contribution in [-0.2, 0) is 4.74 Å². The third kappa shape index (κ3) is 6.80. The minimum absolute atomic E-state index is 0.230. The zero-order valence-electron chi connectivity index (χ0n) is 13.2. The van der Waals surface area contributed by atoms with Gasteiger partial charge in [0.15, 0.2) is 0 Å². The minimum Gasteiger partial charge on any atom is -0.366 e. The van der Waals surface area contributed by atoms with Crippen LogP contribution < -0.4 is 0 Å². The fourth-order valence-corrected chi connectivity index (χ4v) is 3.52. The highest BCUT2D eigenvalue weighted by Gasteiger charge is 2.13. The van der Waals surface area contributed by atoms with Crippen molar-refractivity contribution < 1.29 is 4.74 Å². The summed E-state index contributed by atoms with van der Waals surface area (Å²) in [7, 11) is 0. The van der Waals surface area contributed by atoms with Crippen molar-refractivity contribution in [2.45, 2.75) is 96.0 Å². The van der Waals surface area contributed by atoms with Crippen molar-refractivity contribution >= 4 is 0 Å². The molecule has 2 rings (SSSR count). The van der Waals surface area contributed by atoms with Gasteiger partial charge in [-0.15, -0.1) is 5.92 Å². The first-order chi connectivity index (χ1) is 9.95. The van der Waals surface area contributed by atoms with E-state index in [1.807, 2.05) is 0 Å². The Morgan fingerprint density at radius 3 is 2.50 bits per heavy atom. The first-order valence-electron chi connectivity index (χ1n) is 9.05. The summed E-state index contributed by atoms with van der Waals surface area (Å²) in [5.41, 5.74) is 0. The van der Waals surface area contributed by atoms with Crippen LogP contribution in [0.1, 0.15) is 89.9 Å². The molecule has 1 atom stereocenters. The Bertz CT molecular complexity index is 293. The molecule has 1 fully saturated rings. The van der Waals surface area contributed by atoms with Crippen molar-refractivity contribution in [1.29, 1.82) is 0 Å². The van der Waals surface area contributed by atoms with E-state index < -0.39 is 0 Å². The van der Waals surface area contributed by atoms with Gasteiger partial charge in [-0.2, -0.15) is 0 Å². The van der Waals surface area contributed by atoms with Gasteiger partial charge in [-0.1, -0.05) is 63.7 Å². The number of hydrogen-bond donors (Lipinski definition) is 0. The summed E-state index contributed by atoms with van der Waals surface area (Å²) in [5, 5.41) is 0. The van der Waals surface area contributed by atoms with Gasteiger partial charge in [-0.05, 0) is 31.6 Å². The first kappa shape index (κ1) is 15.9. The summed E-state index contributed by atoms with van der Waals surface area (Å²) in [5.74, 6) is 7.61. The third-order valence-corrected chi connectivity index (χ3v) is 4.83. The smallest absolute Gasteiger partial charge is 0.118 e. The van der Waals surface area contributed by atoms with Crippen molar-refractivity contribution in [2.75, 3.05) is 6.61 Å². The summed E-state index contributed by atoms with van der Waals surface area (Å²) < 4.78 is 5.92. The van der Waals surface area contributed by atoms with E-state index in [0.717, 1.165) is 25.4 Å². The lowest BCUT2D eigenvalue weighted by molar-refractivity contribution is 0.0800. The fourth-order valence-electron chi connectivity index (χ4n) is 3.52. The molecule has 0 bridgehead atoms. The largest absolute Gasteiger partial charge is 0.366 e. The maximum atomic E-state index is 5.92. The van der Waals surface area contributed by atoms with E-state index in [0.29, 0.717) is 0 Å². The lowest BCUT2D eigenvalue weighted by atomic mass is 9.99. The van der Waals surface area contributed by atoms with Gasteiger partial charge in [0.25, 0.3) is 0 Å². The van der Waals surface area contributed by atoms with Gasteiger partial charge in [0.2, 0.25) is 0 Å². The standard InChI is InChI=1S/C19H32O/c1-2-7-15-19(16-8-3-1)20-17-11-5-4-6-12-18-13-9-10-14-18/h18-19H,1-7,9-15,17H2. The number of hydrogen-bond acceptors (Lipinski definition) is 1. The summed E-state index contributed by atoms with van der Waals surface area (Å²) in [6, 6.07) is 0. The van der Waals surface area contributed by atoms with Gasteiger partial charge in [-0.3, -0.25) is 0 Å². The van der Waals surface area contributed by atoms with E-state index in [4.69, 9.17) is 4.74 Å². The van der Waals surface area contributed by atoms with E-state index >= 15 is 0 Å². The Morgan fingerprint density at radius 2 is 1.60 bits per heavy atom. The molecule has 0 saturated heterocycles. The van der Waals surface area contributed by atoms with Crippen LogP contribution in [0.25, 0.3) is 0 Å². The average molecular weight is 276 g/mol. The highest BCUT2D eigenvalue weighted by Crippen LogP contribution is 2.29. The normalized spacial score (nSPS) is 23.9. The number of ether oxygens (including phenoxy) is 1. The van der Waals surface area contributed by atoms with Gasteiger partial charge in [-0.25, -0.2) is 0 Å². The quantitative estimate of drug-likeness (QED) is 0.421. The van der Waals surface area contributed by atoms with Crippen LogP contribution in [0.2, 0.25) is 0 Å². The first-order valence-corrected chi connectivity index (χ1v) is 9.05. The molecule has 0 spiro atoms. The van der Waals surface area contributed by atoms with Crippen LogP contribution >= 0.6 is 0 Å². The van der Waals surface area contributed by atoms with Crippen LogP contribution in [0.3, 0.4) is 0 Å². The molecule has 0 amide bonds. The molecule has 0 radical (unpaired) electrons. The minimum atomic E-state index is 0.230. The molecule has 1 nitrogen and oxygen atoms in total. The number of unbranched alkanes of at least 4 members (excludes halogenated alkanes) is 3. The molecule has 0 aromatic carbocycles. The second-order valence-corrected chi connectivity index (χ2v) is 6.63. The maximum absolute atomic E-state index is 5.92. The van der Waals surface area contributed by atoms with Crippen molar-refractivity contribution in [2.24, 2.45) is 5.92 Å². The Kier molecular flexibility index (Phi) is 8.17. The summed E-state index contributed by atoms with van der Waals surface area (Å²) in [6.45, 7) is 0.919. The van der Waals surface area contributed by atoms with E-state index in [-0.39, 0.29) is 6.10 Å². The van der Waals surface area contributed by atoms with Crippen molar-refractivity contribution in [3.05, 3.63) is 0 Å². The molecule has 0 N–H and O–H groups in total. The zero-order chi connectivity index (χ0) is 13.9. The van der Waals surface area contributed by atoms with Gasteiger partial charge in [0, 0.05) is 13.0 Å².